The third kappa shape index (κ3) is 5.26. The van der Waals surface area contributed by atoms with Crippen molar-refractivity contribution in [2.75, 3.05) is 32.7 Å². The average Bonchev–Trinajstić information content (AvgIpc) is 2.93. The van der Waals surface area contributed by atoms with Gasteiger partial charge in [0, 0.05) is 32.2 Å². The number of rotatable bonds is 3. The van der Waals surface area contributed by atoms with E-state index in [9.17, 15) is 18.4 Å². The second kappa shape index (κ2) is 7.85. The second-order valence-corrected chi connectivity index (χ2v) is 7.86. The topological polar surface area (TPSA) is 53.1 Å². The van der Waals surface area contributed by atoms with Crippen molar-refractivity contribution in [3.05, 3.63) is 0 Å². The Hall–Kier alpha value is -1.44. The summed E-state index contributed by atoms with van der Waals surface area (Å²) < 4.78 is 30.5. The van der Waals surface area contributed by atoms with E-state index in [0.29, 0.717) is 32.6 Å². The van der Waals surface area contributed by atoms with Crippen LogP contribution in [0.25, 0.3) is 0 Å². The molecule has 144 valence electrons. The Balaban J connectivity index is 1.98. The maximum atomic E-state index is 12.9. The van der Waals surface area contributed by atoms with Gasteiger partial charge in [-0.15, -0.1) is 0 Å². The molecule has 2 amide bonds. The zero-order valence-electron chi connectivity index (χ0n) is 15.5. The van der Waals surface area contributed by atoms with E-state index < -0.39 is 24.2 Å². The SMILES string of the molecule is CC1CN(CC(F)F)CCN1C(=O)C1CCCN1C(=O)OC(C)(C)C. The van der Waals surface area contributed by atoms with Crippen molar-refractivity contribution in [2.45, 2.75) is 64.6 Å². The molecule has 0 N–H and O–H groups in total. The molecular formula is C17H29F2N3O3. The lowest BCUT2D eigenvalue weighted by atomic mass is 10.1. The van der Waals surface area contributed by atoms with Crippen LogP contribution in [0.5, 0.6) is 0 Å². The number of likely N-dealkylation sites (tertiary alicyclic amines) is 1. The van der Waals surface area contributed by atoms with Crippen LogP contribution >= 0.6 is 0 Å². The molecule has 0 radical (unpaired) electrons. The fourth-order valence-corrected chi connectivity index (χ4v) is 3.48. The Morgan fingerprint density at radius 3 is 2.40 bits per heavy atom. The molecule has 2 saturated heterocycles. The molecule has 0 saturated carbocycles. The molecule has 0 aromatic heterocycles. The third-order valence-electron chi connectivity index (χ3n) is 4.56. The molecule has 0 aromatic rings. The van der Waals surface area contributed by atoms with Crippen molar-refractivity contribution < 1.29 is 23.1 Å². The molecule has 0 bridgehead atoms. The number of ether oxygens (including phenoxy) is 1. The van der Waals surface area contributed by atoms with Crippen LogP contribution < -0.4 is 0 Å². The van der Waals surface area contributed by atoms with E-state index >= 15 is 0 Å². The van der Waals surface area contributed by atoms with Crippen molar-refractivity contribution in [1.82, 2.24) is 14.7 Å². The number of piperazine rings is 1. The lowest BCUT2D eigenvalue weighted by Gasteiger charge is -2.41. The lowest BCUT2D eigenvalue weighted by Crippen LogP contribution is -2.58. The molecule has 2 fully saturated rings. The fourth-order valence-electron chi connectivity index (χ4n) is 3.48. The summed E-state index contributed by atoms with van der Waals surface area (Å²) >= 11 is 0. The number of carbonyl (C=O) groups excluding carboxylic acids is 2. The van der Waals surface area contributed by atoms with Crippen LogP contribution in [0.2, 0.25) is 0 Å². The zero-order chi connectivity index (χ0) is 18.8. The Bertz CT molecular complexity index is 496. The fraction of sp³-hybridized carbons (Fsp3) is 0.882. The minimum Gasteiger partial charge on any atom is -0.444 e. The molecule has 2 rings (SSSR count). The number of carbonyl (C=O) groups is 2. The van der Waals surface area contributed by atoms with Gasteiger partial charge in [-0.25, -0.2) is 13.6 Å². The van der Waals surface area contributed by atoms with Gasteiger partial charge in [0.1, 0.15) is 11.6 Å². The van der Waals surface area contributed by atoms with Crippen LogP contribution in [-0.4, -0.2) is 83.5 Å². The molecule has 0 aliphatic carbocycles. The van der Waals surface area contributed by atoms with Gasteiger partial charge in [-0.3, -0.25) is 14.6 Å². The molecule has 2 atom stereocenters. The smallest absolute Gasteiger partial charge is 0.410 e. The van der Waals surface area contributed by atoms with Gasteiger partial charge in [0.25, 0.3) is 6.43 Å². The van der Waals surface area contributed by atoms with E-state index in [1.165, 1.54) is 4.90 Å². The van der Waals surface area contributed by atoms with Gasteiger partial charge in [0.2, 0.25) is 5.91 Å². The first-order chi connectivity index (χ1) is 11.6. The molecule has 2 aliphatic heterocycles. The first-order valence-corrected chi connectivity index (χ1v) is 8.89. The lowest BCUT2D eigenvalue weighted by molar-refractivity contribution is -0.140. The van der Waals surface area contributed by atoms with Crippen molar-refractivity contribution >= 4 is 12.0 Å². The summed E-state index contributed by atoms with van der Waals surface area (Å²) in [6.07, 6.45) is -1.46. The summed E-state index contributed by atoms with van der Waals surface area (Å²) in [5, 5.41) is 0. The summed E-state index contributed by atoms with van der Waals surface area (Å²) in [6.45, 7) is 8.75. The molecule has 0 spiro atoms. The molecule has 2 aliphatic rings. The van der Waals surface area contributed by atoms with Gasteiger partial charge in [-0.1, -0.05) is 0 Å². The highest BCUT2D eigenvalue weighted by molar-refractivity contribution is 5.86. The molecule has 0 aromatic carbocycles. The number of nitrogens with zero attached hydrogens (tertiary/aromatic N) is 3. The van der Waals surface area contributed by atoms with Crippen LogP contribution in [-0.2, 0) is 9.53 Å². The second-order valence-electron chi connectivity index (χ2n) is 7.86. The first-order valence-electron chi connectivity index (χ1n) is 8.89. The van der Waals surface area contributed by atoms with Gasteiger partial charge >= 0.3 is 6.09 Å². The van der Waals surface area contributed by atoms with Gasteiger partial charge in [0.05, 0.1) is 6.54 Å². The van der Waals surface area contributed by atoms with Gasteiger partial charge < -0.3 is 9.64 Å². The summed E-state index contributed by atoms with van der Waals surface area (Å²) in [7, 11) is 0. The van der Waals surface area contributed by atoms with Gasteiger partial charge in [-0.05, 0) is 40.5 Å². The summed E-state index contributed by atoms with van der Waals surface area (Å²) in [5.74, 6) is -0.104. The average molecular weight is 361 g/mol. The largest absolute Gasteiger partial charge is 0.444 e. The number of hydrogen-bond acceptors (Lipinski definition) is 4. The van der Waals surface area contributed by atoms with E-state index in [4.69, 9.17) is 4.74 Å². The Morgan fingerprint density at radius 2 is 1.84 bits per heavy atom. The molecular weight excluding hydrogens is 332 g/mol. The minimum atomic E-state index is -2.37. The molecule has 25 heavy (non-hydrogen) atoms. The van der Waals surface area contributed by atoms with Crippen molar-refractivity contribution in [3.63, 3.8) is 0 Å². The first kappa shape index (κ1) is 19.9. The van der Waals surface area contributed by atoms with Crippen LogP contribution in [0.15, 0.2) is 0 Å². The Kier molecular flexibility index (Phi) is 6.24. The minimum absolute atomic E-state index is 0.104. The molecule has 2 heterocycles. The van der Waals surface area contributed by atoms with Crippen LogP contribution in [0, 0.1) is 0 Å². The van der Waals surface area contributed by atoms with Gasteiger partial charge in [-0.2, -0.15) is 0 Å². The highest BCUT2D eigenvalue weighted by Gasteiger charge is 2.40. The van der Waals surface area contributed by atoms with E-state index in [0.717, 1.165) is 6.42 Å². The highest BCUT2D eigenvalue weighted by Crippen LogP contribution is 2.24. The zero-order valence-corrected chi connectivity index (χ0v) is 15.5. The Labute approximate surface area is 148 Å². The molecule has 2 unspecified atom stereocenters. The van der Waals surface area contributed by atoms with E-state index in [1.54, 1.807) is 30.6 Å². The predicted molar refractivity (Wildman–Crippen MR) is 89.6 cm³/mol. The van der Waals surface area contributed by atoms with Crippen LogP contribution in [0.1, 0.15) is 40.5 Å². The van der Waals surface area contributed by atoms with E-state index in [-0.39, 0.29) is 18.5 Å². The van der Waals surface area contributed by atoms with Gasteiger partial charge in [0.15, 0.2) is 0 Å². The molecule has 6 nitrogen and oxygen atoms in total. The normalized spacial score (nSPS) is 25.6. The summed E-state index contributed by atoms with van der Waals surface area (Å²) in [6, 6.07) is -0.667. The van der Waals surface area contributed by atoms with Crippen molar-refractivity contribution in [1.29, 1.82) is 0 Å². The van der Waals surface area contributed by atoms with Crippen LogP contribution in [0.3, 0.4) is 0 Å². The van der Waals surface area contributed by atoms with E-state index in [1.807, 2.05) is 6.92 Å². The number of halogens is 2. The number of hydrogen-bond donors (Lipinski definition) is 0. The summed E-state index contributed by atoms with van der Waals surface area (Å²) in [5.41, 5.74) is -0.610. The third-order valence-corrected chi connectivity index (χ3v) is 4.56. The monoisotopic (exact) mass is 361 g/mol. The van der Waals surface area contributed by atoms with Crippen molar-refractivity contribution in [2.24, 2.45) is 0 Å². The Morgan fingerprint density at radius 1 is 1.16 bits per heavy atom. The predicted octanol–water partition coefficient (Wildman–Crippen LogP) is 2.18. The molecule has 8 heteroatoms. The van der Waals surface area contributed by atoms with Crippen molar-refractivity contribution in [3.8, 4) is 0 Å². The summed E-state index contributed by atoms with van der Waals surface area (Å²) in [4.78, 5) is 30.2. The quantitative estimate of drug-likeness (QED) is 0.773. The number of alkyl halides is 2. The number of amides is 2. The maximum absolute atomic E-state index is 12.9. The van der Waals surface area contributed by atoms with E-state index in [2.05, 4.69) is 0 Å². The van der Waals surface area contributed by atoms with Crippen LogP contribution in [0.4, 0.5) is 13.6 Å². The maximum Gasteiger partial charge on any atom is 0.410 e. The highest BCUT2D eigenvalue weighted by atomic mass is 19.3. The standard InChI is InChI=1S/C17H29F2N3O3/c1-12-10-20(11-14(18)19)8-9-21(12)15(23)13-6-5-7-22(13)16(24)25-17(2,3)4/h12-14H,5-11H2,1-4H3.